The zero-order valence-corrected chi connectivity index (χ0v) is 15.1. The number of thiophene rings is 1. The van der Waals surface area contributed by atoms with Gasteiger partial charge in [-0.3, -0.25) is 9.59 Å². The lowest BCUT2D eigenvalue weighted by Gasteiger charge is -2.08. The lowest BCUT2D eigenvalue weighted by Crippen LogP contribution is -2.13. The van der Waals surface area contributed by atoms with Crippen LogP contribution < -0.4 is 10.6 Å². The number of anilines is 2. The molecular formula is C19H17FN2O3S. The van der Waals surface area contributed by atoms with Crippen molar-refractivity contribution in [1.29, 1.82) is 0 Å². The summed E-state index contributed by atoms with van der Waals surface area (Å²) in [6.45, 7) is 1.57. The van der Waals surface area contributed by atoms with E-state index in [2.05, 4.69) is 10.6 Å². The molecule has 134 valence electrons. The highest BCUT2D eigenvalue weighted by atomic mass is 32.1. The van der Waals surface area contributed by atoms with Crippen LogP contribution in [-0.4, -0.2) is 18.9 Å². The zero-order chi connectivity index (χ0) is 18.7. The second-order valence-electron chi connectivity index (χ2n) is 5.67. The third-order valence-corrected chi connectivity index (χ3v) is 4.92. The fraction of sp³-hybridized carbons (Fsp3) is 0.158. The topological polar surface area (TPSA) is 67.4 Å². The van der Waals surface area contributed by atoms with Gasteiger partial charge in [0.25, 0.3) is 5.91 Å². The van der Waals surface area contributed by atoms with Crippen LogP contribution in [0.25, 0.3) is 10.1 Å². The Morgan fingerprint density at radius 2 is 1.73 bits per heavy atom. The van der Waals surface area contributed by atoms with Gasteiger partial charge in [-0.2, -0.15) is 0 Å². The molecule has 0 saturated carbocycles. The second-order valence-corrected chi connectivity index (χ2v) is 6.72. The van der Waals surface area contributed by atoms with E-state index in [1.54, 1.807) is 36.4 Å². The summed E-state index contributed by atoms with van der Waals surface area (Å²) in [4.78, 5) is 24.2. The van der Waals surface area contributed by atoms with E-state index in [4.69, 9.17) is 4.74 Å². The molecule has 3 aromatic rings. The van der Waals surface area contributed by atoms with Crippen LogP contribution in [0.3, 0.4) is 0 Å². The Bertz CT molecular complexity index is 967. The Morgan fingerprint density at radius 1 is 1.08 bits per heavy atom. The molecule has 26 heavy (non-hydrogen) atoms. The average Bonchev–Trinajstić information content (AvgIpc) is 2.97. The molecule has 2 N–H and O–H groups in total. The number of ether oxygens (including phenoxy) is 1. The van der Waals surface area contributed by atoms with Gasteiger partial charge in [0.15, 0.2) is 0 Å². The number of methoxy groups -OCH3 is 1. The van der Waals surface area contributed by atoms with Crippen molar-refractivity contribution >= 4 is 44.6 Å². The van der Waals surface area contributed by atoms with Crippen molar-refractivity contribution in [3.8, 4) is 0 Å². The van der Waals surface area contributed by atoms with E-state index < -0.39 is 0 Å². The third kappa shape index (κ3) is 3.74. The highest BCUT2D eigenvalue weighted by Crippen LogP contribution is 2.34. The third-order valence-electron chi connectivity index (χ3n) is 3.72. The molecule has 0 aliphatic rings. The van der Waals surface area contributed by atoms with Crippen molar-refractivity contribution in [2.24, 2.45) is 0 Å². The first-order valence-electron chi connectivity index (χ1n) is 7.87. The van der Waals surface area contributed by atoms with E-state index >= 15 is 0 Å². The summed E-state index contributed by atoms with van der Waals surface area (Å²) in [5, 5.41) is 5.88. The van der Waals surface area contributed by atoms with Crippen molar-refractivity contribution in [2.75, 3.05) is 17.7 Å². The maximum Gasteiger partial charge on any atom is 0.266 e. The summed E-state index contributed by atoms with van der Waals surface area (Å²) in [5.41, 5.74) is 1.75. The molecule has 0 saturated heterocycles. The summed E-state index contributed by atoms with van der Waals surface area (Å²) in [5.74, 6) is -0.868. The first kappa shape index (κ1) is 18.0. The average molecular weight is 372 g/mol. The molecule has 2 aromatic carbocycles. The Kier molecular flexibility index (Phi) is 5.29. The second kappa shape index (κ2) is 7.63. The summed E-state index contributed by atoms with van der Waals surface area (Å²) in [7, 11) is 1.51. The molecule has 2 amide bonds. The molecule has 0 aliphatic heterocycles. The minimum absolute atomic E-state index is 0.144. The normalized spacial score (nSPS) is 10.7. The van der Waals surface area contributed by atoms with Gasteiger partial charge in [0.05, 0.1) is 11.5 Å². The fourth-order valence-corrected chi connectivity index (χ4v) is 3.78. The van der Waals surface area contributed by atoms with Gasteiger partial charge < -0.3 is 15.4 Å². The summed E-state index contributed by atoms with van der Waals surface area (Å²) < 4.78 is 20.1. The van der Waals surface area contributed by atoms with Crippen molar-refractivity contribution in [2.45, 2.75) is 13.5 Å². The number of hydrogen-bond donors (Lipinski definition) is 2. The molecule has 0 bridgehead atoms. The quantitative estimate of drug-likeness (QED) is 0.698. The number of nitrogens with one attached hydrogen (secondary N) is 2. The molecule has 0 unspecified atom stereocenters. The van der Waals surface area contributed by atoms with Crippen molar-refractivity contribution < 1.29 is 18.7 Å². The molecule has 5 nitrogen and oxygen atoms in total. The van der Waals surface area contributed by atoms with Gasteiger partial charge in [0.1, 0.15) is 5.82 Å². The SMILES string of the molecule is COCc1c(C(=O)Nc2ccc(NC(C)=O)cc2)sc2cccc(F)c12. The number of benzene rings is 2. The summed E-state index contributed by atoms with van der Waals surface area (Å²) in [6, 6.07) is 11.5. The molecule has 0 radical (unpaired) electrons. The first-order chi connectivity index (χ1) is 12.5. The lowest BCUT2D eigenvalue weighted by atomic mass is 10.1. The van der Waals surface area contributed by atoms with E-state index in [9.17, 15) is 14.0 Å². The standard InChI is InChI=1S/C19H17FN2O3S/c1-11(23)21-12-6-8-13(9-7-12)22-19(24)18-14(10-25-2)17-15(20)4-3-5-16(17)26-18/h3-9H,10H2,1-2H3,(H,21,23)(H,22,24). The number of carbonyl (C=O) groups is 2. The van der Waals surface area contributed by atoms with Crippen LogP contribution in [0.2, 0.25) is 0 Å². The van der Waals surface area contributed by atoms with Crippen LogP contribution in [0.1, 0.15) is 22.2 Å². The molecule has 0 aliphatic carbocycles. The molecule has 1 heterocycles. The van der Waals surface area contributed by atoms with Gasteiger partial charge in [-0.05, 0) is 36.4 Å². The van der Waals surface area contributed by atoms with Crippen LogP contribution in [-0.2, 0) is 16.1 Å². The molecule has 1 aromatic heterocycles. The predicted octanol–water partition coefficient (Wildman–Crippen LogP) is 4.40. The number of fused-ring (bicyclic) bond motifs is 1. The van der Waals surface area contributed by atoms with Crippen LogP contribution in [0, 0.1) is 5.82 Å². The lowest BCUT2D eigenvalue weighted by molar-refractivity contribution is -0.114. The van der Waals surface area contributed by atoms with Crippen LogP contribution in [0.4, 0.5) is 15.8 Å². The van der Waals surface area contributed by atoms with Crippen molar-refractivity contribution in [1.82, 2.24) is 0 Å². The number of rotatable bonds is 5. The van der Waals surface area contributed by atoms with Crippen LogP contribution in [0.15, 0.2) is 42.5 Å². The molecular weight excluding hydrogens is 355 g/mol. The summed E-state index contributed by atoms with van der Waals surface area (Å²) >= 11 is 1.23. The predicted molar refractivity (Wildman–Crippen MR) is 101 cm³/mol. The molecule has 0 spiro atoms. The van der Waals surface area contributed by atoms with Gasteiger partial charge >= 0.3 is 0 Å². The number of carbonyl (C=O) groups excluding carboxylic acids is 2. The number of halogens is 1. The van der Waals surface area contributed by atoms with Gasteiger partial charge in [0, 0.05) is 41.1 Å². The monoisotopic (exact) mass is 372 g/mol. The van der Waals surface area contributed by atoms with E-state index in [0.717, 1.165) is 0 Å². The number of amides is 2. The van der Waals surface area contributed by atoms with E-state index in [1.807, 2.05) is 0 Å². The first-order valence-corrected chi connectivity index (χ1v) is 8.69. The number of hydrogen-bond acceptors (Lipinski definition) is 4. The maximum atomic E-state index is 14.2. The molecule has 3 rings (SSSR count). The Hall–Kier alpha value is -2.77. The van der Waals surface area contributed by atoms with Crippen molar-refractivity contribution in [3.05, 3.63) is 58.7 Å². The Balaban J connectivity index is 1.89. The highest BCUT2D eigenvalue weighted by Gasteiger charge is 2.20. The minimum atomic E-state index is -0.371. The van der Waals surface area contributed by atoms with Gasteiger partial charge in [0.2, 0.25) is 5.91 Å². The van der Waals surface area contributed by atoms with Crippen LogP contribution in [0.5, 0.6) is 0 Å². The molecule has 7 heteroatoms. The fourth-order valence-electron chi connectivity index (χ4n) is 2.66. The van der Waals surface area contributed by atoms with Gasteiger partial charge in [-0.15, -0.1) is 11.3 Å². The Labute approximate surface area is 153 Å². The maximum absolute atomic E-state index is 14.2. The van der Waals surface area contributed by atoms with E-state index in [0.29, 0.717) is 31.9 Å². The summed E-state index contributed by atoms with van der Waals surface area (Å²) in [6.07, 6.45) is 0. The van der Waals surface area contributed by atoms with Gasteiger partial charge in [-0.1, -0.05) is 6.07 Å². The molecule has 0 atom stereocenters. The smallest absolute Gasteiger partial charge is 0.266 e. The minimum Gasteiger partial charge on any atom is -0.380 e. The van der Waals surface area contributed by atoms with Crippen molar-refractivity contribution in [3.63, 3.8) is 0 Å². The largest absolute Gasteiger partial charge is 0.380 e. The van der Waals surface area contributed by atoms with Crippen LogP contribution >= 0.6 is 11.3 Å². The highest BCUT2D eigenvalue weighted by molar-refractivity contribution is 7.21. The molecule has 0 fully saturated rings. The zero-order valence-electron chi connectivity index (χ0n) is 14.3. The van der Waals surface area contributed by atoms with E-state index in [-0.39, 0.29) is 24.2 Å². The van der Waals surface area contributed by atoms with E-state index in [1.165, 1.54) is 31.4 Å². The van der Waals surface area contributed by atoms with Gasteiger partial charge in [-0.25, -0.2) is 4.39 Å². The Morgan fingerprint density at radius 3 is 2.35 bits per heavy atom.